The molecule has 2 aromatic heterocycles. The van der Waals surface area contributed by atoms with Crippen molar-refractivity contribution in [2.45, 2.75) is 52.9 Å². The Labute approximate surface area is 186 Å². The van der Waals surface area contributed by atoms with Crippen LogP contribution in [0.1, 0.15) is 81.8 Å². The second-order valence-corrected chi connectivity index (χ2v) is 8.56. The molecule has 0 unspecified atom stereocenters. The molecule has 31 heavy (non-hydrogen) atoms. The van der Waals surface area contributed by atoms with Gasteiger partial charge in [0, 0.05) is 31.1 Å². The van der Waals surface area contributed by atoms with Gasteiger partial charge in [-0.05, 0) is 52.0 Å². The summed E-state index contributed by atoms with van der Waals surface area (Å²) in [5.74, 6) is -1.02. The summed E-state index contributed by atoms with van der Waals surface area (Å²) >= 11 is 1.45. The van der Waals surface area contributed by atoms with Gasteiger partial charge in [0.15, 0.2) is 5.69 Å². The summed E-state index contributed by atoms with van der Waals surface area (Å²) in [5.41, 5.74) is 1.95. The van der Waals surface area contributed by atoms with E-state index in [9.17, 15) is 14.4 Å². The van der Waals surface area contributed by atoms with Crippen molar-refractivity contribution in [3.63, 3.8) is 0 Å². The molecule has 168 valence electrons. The van der Waals surface area contributed by atoms with Crippen molar-refractivity contribution in [1.82, 2.24) is 14.7 Å². The summed E-state index contributed by atoms with van der Waals surface area (Å²) in [6.45, 7) is 6.97. The van der Waals surface area contributed by atoms with Gasteiger partial charge in [0.25, 0.3) is 11.8 Å². The zero-order chi connectivity index (χ0) is 22.5. The first-order chi connectivity index (χ1) is 14.9. The lowest BCUT2D eigenvalue weighted by atomic mass is 10.1. The van der Waals surface area contributed by atoms with Gasteiger partial charge < -0.3 is 15.0 Å². The van der Waals surface area contributed by atoms with Crippen molar-refractivity contribution < 1.29 is 19.1 Å². The molecular weight excluding hydrogens is 416 g/mol. The van der Waals surface area contributed by atoms with E-state index in [1.54, 1.807) is 18.9 Å². The quantitative estimate of drug-likeness (QED) is 0.517. The molecule has 0 saturated carbocycles. The van der Waals surface area contributed by atoms with E-state index in [4.69, 9.17) is 4.74 Å². The van der Waals surface area contributed by atoms with Crippen LogP contribution in [-0.4, -0.2) is 52.2 Å². The molecule has 0 spiro atoms. The van der Waals surface area contributed by atoms with Gasteiger partial charge in [0.1, 0.15) is 10.7 Å². The zero-order valence-electron chi connectivity index (χ0n) is 18.6. The van der Waals surface area contributed by atoms with Crippen LogP contribution in [0.25, 0.3) is 0 Å². The summed E-state index contributed by atoms with van der Waals surface area (Å²) < 4.78 is 6.68. The van der Waals surface area contributed by atoms with Gasteiger partial charge in [-0.25, -0.2) is 4.79 Å². The van der Waals surface area contributed by atoms with Crippen LogP contribution < -0.4 is 5.32 Å². The van der Waals surface area contributed by atoms with Crippen molar-refractivity contribution in [2.75, 3.05) is 25.0 Å². The van der Waals surface area contributed by atoms with Crippen molar-refractivity contribution in [3.05, 3.63) is 33.5 Å². The number of nitrogens with one attached hydrogen (secondary N) is 1. The van der Waals surface area contributed by atoms with Crippen LogP contribution in [0.15, 0.2) is 6.07 Å². The van der Waals surface area contributed by atoms with E-state index in [1.807, 2.05) is 13.8 Å². The SMILES string of the molecule is CCOC(=O)c1c(NC(=O)c2cc(C(=O)N(CC)CC)nn2C)sc2c1CCCCC2. The molecule has 2 amide bonds. The van der Waals surface area contributed by atoms with E-state index in [-0.39, 0.29) is 23.9 Å². The van der Waals surface area contributed by atoms with E-state index in [1.165, 1.54) is 22.1 Å². The smallest absolute Gasteiger partial charge is 0.341 e. The molecule has 8 nitrogen and oxygen atoms in total. The fourth-order valence-electron chi connectivity index (χ4n) is 3.87. The van der Waals surface area contributed by atoms with Crippen molar-refractivity contribution in [1.29, 1.82) is 0 Å². The average molecular weight is 447 g/mol. The molecule has 0 saturated heterocycles. The third kappa shape index (κ3) is 4.81. The number of esters is 1. The predicted octanol–water partition coefficient (Wildman–Crippen LogP) is 3.66. The molecule has 0 fully saturated rings. The molecule has 3 rings (SSSR count). The number of carbonyl (C=O) groups is 3. The van der Waals surface area contributed by atoms with Crippen LogP contribution in [0.3, 0.4) is 0 Å². The van der Waals surface area contributed by atoms with Crippen LogP contribution in [0, 0.1) is 0 Å². The van der Waals surface area contributed by atoms with Gasteiger partial charge >= 0.3 is 5.97 Å². The minimum Gasteiger partial charge on any atom is -0.462 e. The molecule has 1 aliphatic carbocycles. The second-order valence-electron chi connectivity index (χ2n) is 7.46. The highest BCUT2D eigenvalue weighted by Crippen LogP contribution is 2.38. The monoisotopic (exact) mass is 446 g/mol. The summed E-state index contributed by atoms with van der Waals surface area (Å²) in [7, 11) is 1.63. The number of ether oxygens (including phenoxy) is 1. The van der Waals surface area contributed by atoms with Gasteiger partial charge in [0.2, 0.25) is 0 Å². The Bertz CT molecular complexity index is 975. The van der Waals surface area contributed by atoms with E-state index in [2.05, 4.69) is 10.4 Å². The first kappa shape index (κ1) is 23.0. The molecule has 0 radical (unpaired) electrons. The van der Waals surface area contributed by atoms with Crippen LogP contribution >= 0.6 is 11.3 Å². The Balaban J connectivity index is 1.90. The number of nitrogens with zero attached hydrogens (tertiary/aromatic N) is 3. The van der Waals surface area contributed by atoms with Gasteiger partial charge in [-0.2, -0.15) is 5.10 Å². The van der Waals surface area contributed by atoms with Crippen LogP contribution in [-0.2, 0) is 24.6 Å². The lowest BCUT2D eigenvalue weighted by Gasteiger charge is -2.16. The van der Waals surface area contributed by atoms with E-state index < -0.39 is 11.9 Å². The Kier molecular flexibility index (Phi) is 7.48. The molecule has 9 heteroatoms. The third-order valence-electron chi connectivity index (χ3n) is 5.51. The lowest BCUT2D eigenvalue weighted by molar-refractivity contribution is 0.0526. The number of carbonyl (C=O) groups excluding carboxylic acids is 3. The van der Waals surface area contributed by atoms with E-state index >= 15 is 0 Å². The summed E-state index contributed by atoms with van der Waals surface area (Å²) in [6, 6.07) is 1.50. The lowest BCUT2D eigenvalue weighted by Crippen LogP contribution is -2.30. The van der Waals surface area contributed by atoms with Gasteiger partial charge in [-0.3, -0.25) is 14.3 Å². The number of aromatic nitrogens is 2. The maximum Gasteiger partial charge on any atom is 0.341 e. The fraction of sp³-hybridized carbons (Fsp3) is 0.545. The predicted molar refractivity (Wildman–Crippen MR) is 120 cm³/mol. The number of aryl methyl sites for hydroxylation is 2. The van der Waals surface area contributed by atoms with Crippen LogP contribution in [0.5, 0.6) is 0 Å². The summed E-state index contributed by atoms with van der Waals surface area (Å²) in [6.07, 6.45) is 4.92. The topological polar surface area (TPSA) is 93.5 Å². The Hall–Kier alpha value is -2.68. The number of amides is 2. The minimum absolute atomic E-state index is 0.213. The maximum atomic E-state index is 13.1. The van der Waals surface area contributed by atoms with Crippen molar-refractivity contribution in [3.8, 4) is 0 Å². The number of thiophene rings is 1. The molecule has 0 aliphatic heterocycles. The van der Waals surface area contributed by atoms with Gasteiger partial charge in [0.05, 0.1) is 12.2 Å². The third-order valence-corrected chi connectivity index (χ3v) is 6.72. The van der Waals surface area contributed by atoms with Gasteiger partial charge in [-0.1, -0.05) is 6.42 Å². The highest BCUT2D eigenvalue weighted by molar-refractivity contribution is 7.17. The van der Waals surface area contributed by atoms with E-state index in [0.29, 0.717) is 23.7 Å². The number of anilines is 1. The number of hydrogen-bond donors (Lipinski definition) is 1. The number of hydrogen-bond acceptors (Lipinski definition) is 6. The van der Waals surface area contributed by atoms with Crippen LogP contribution in [0.2, 0.25) is 0 Å². The van der Waals surface area contributed by atoms with Crippen molar-refractivity contribution in [2.24, 2.45) is 7.05 Å². The first-order valence-corrected chi connectivity index (χ1v) is 11.7. The minimum atomic E-state index is -0.407. The number of rotatable bonds is 7. The van der Waals surface area contributed by atoms with Crippen LogP contribution in [0.4, 0.5) is 5.00 Å². The molecule has 0 aromatic carbocycles. The molecular formula is C22H30N4O4S. The van der Waals surface area contributed by atoms with Crippen molar-refractivity contribution >= 4 is 34.1 Å². The Morgan fingerprint density at radius 3 is 2.55 bits per heavy atom. The van der Waals surface area contributed by atoms with E-state index in [0.717, 1.165) is 42.5 Å². The fourth-order valence-corrected chi connectivity index (χ4v) is 5.15. The molecule has 1 N–H and O–H groups in total. The molecule has 1 aliphatic rings. The highest BCUT2D eigenvalue weighted by Gasteiger charge is 2.28. The second kappa shape index (κ2) is 10.1. The van der Waals surface area contributed by atoms with Gasteiger partial charge in [-0.15, -0.1) is 11.3 Å². The number of fused-ring (bicyclic) bond motifs is 1. The first-order valence-electron chi connectivity index (χ1n) is 10.9. The highest BCUT2D eigenvalue weighted by atomic mass is 32.1. The maximum absolute atomic E-state index is 13.1. The average Bonchev–Trinajstić information content (AvgIpc) is 3.21. The summed E-state index contributed by atoms with van der Waals surface area (Å²) in [4.78, 5) is 41.1. The Morgan fingerprint density at radius 2 is 1.87 bits per heavy atom. The standard InChI is InChI=1S/C22H30N4O4S/c1-5-26(6-2)21(28)15-13-16(25(4)24-15)19(27)23-20-18(22(29)30-7-3)14-11-9-8-10-12-17(14)31-20/h13H,5-12H2,1-4H3,(H,23,27). The summed E-state index contributed by atoms with van der Waals surface area (Å²) in [5, 5.41) is 7.63. The Morgan fingerprint density at radius 1 is 1.16 bits per heavy atom. The zero-order valence-corrected chi connectivity index (χ0v) is 19.4. The normalized spacial score (nSPS) is 13.3. The molecule has 0 bridgehead atoms. The molecule has 2 heterocycles. The molecule has 0 atom stereocenters. The largest absolute Gasteiger partial charge is 0.462 e. The molecule has 2 aromatic rings.